The summed E-state index contributed by atoms with van der Waals surface area (Å²) >= 11 is 0. The second kappa shape index (κ2) is 25.5. The van der Waals surface area contributed by atoms with Gasteiger partial charge in [0.2, 0.25) is 0 Å². The van der Waals surface area contributed by atoms with Crippen molar-refractivity contribution >= 4 is 39.0 Å². The molecule has 1 aliphatic heterocycles. The number of para-hydroxylation sites is 3. The molecular formula is C85H72IrN4O2-2. The van der Waals surface area contributed by atoms with Crippen LogP contribution >= 0.6 is 0 Å². The summed E-state index contributed by atoms with van der Waals surface area (Å²) in [7, 11) is 0. The summed E-state index contributed by atoms with van der Waals surface area (Å²) in [5, 5.41) is 10.9. The zero-order valence-corrected chi connectivity index (χ0v) is 55.2. The van der Waals surface area contributed by atoms with Crippen molar-refractivity contribution in [3.63, 3.8) is 0 Å². The van der Waals surface area contributed by atoms with Gasteiger partial charge in [0.25, 0.3) is 0 Å². The second-order valence-corrected chi connectivity index (χ2v) is 24.5. The number of carbonyl (C=O) groups excluding carboxylic acids is 1. The van der Waals surface area contributed by atoms with Crippen molar-refractivity contribution in [3.05, 3.63) is 307 Å². The average Bonchev–Trinajstić information content (AvgIpc) is 1.58. The Morgan fingerprint density at radius 1 is 0.500 bits per heavy atom. The molecule has 92 heavy (non-hydrogen) atoms. The molecule has 455 valence electrons. The van der Waals surface area contributed by atoms with Gasteiger partial charge in [0.1, 0.15) is 0 Å². The minimum Gasteiger partial charge on any atom is -0.512 e. The van der Waals surface area contributed by atoms with Gasteiger partial charge < -0.3 is 24.5 Å². The minimum absolute atomic E-state index is 0. The molecule has 2 atom stereocenters. The van der Waals surface area contributed by atoms with Crippen molar-refractivity contribution in [3.8, 4) is 72.7 Å². The van der Waals surface area contributed by atoms with Crippen LogP contribution in [0.4, 0.5) is 11.4 Å². The van der Waals surface area contributed by atoms with Gasteiger partial charge in [-0.05, 0) is 157 Å². The summed E-state index contributed by atoms with van der Waals surface area (Å²) < 4.78 is 2.38. The Balaban J connectivity index is 0.000000151. The van der Waals surface area contributed by atoms with Crippen LogP contribution < -0.4 is 4.90 Å². The van der Waals surface area contributed by atoms with Crippen LogP contribution in [0.1, 0.15) is 101 Å². The van der Waals surface area contributed by atoms with E-state index in [4.69, 9.17) is 5.11 Å². The minimum atomic E-state index is -0.125. The molecule has 2 unspecified atom stereocenters. The SMILES string of the molecule is CC(=O)/C=C(/C)O.CCC1(CC)c2cc(-c3ccccn3)[c-]cc2-c2ccc(-c3ccc4c(c3)C3C=CC=CC3N4c3ccccc3)cc21.CCC1(CC)c2cc(-c3ccccn3)[c-]cc2-c2ccc(-c3ccc4c(c3)c3ccccc3n4-c3ccccc3)cc21.[Ir]. The molecule has 3 aromatic heterocycles. The Morgan fingerprint density at radius 3 is 1.51 bits per heavy atom. The van der Waals surface area contributed by atoms with Crippen molar-refractivity contribution in [2.24, 2.45) is 0 Å². The Labute approximate surface area is 554 Å². The number of fused-ring (bicyclic) bond motifs is 12. The molecule has 0 bridgehead atoms. The van der Waals surface area contributed by atoms with Gasteiger partial charge >= 0.3 is 0 Å². The third-order valence-electron chi connectivity index (χ3n) is 19.7. The fourth-order valence-electron chi connectivity index (χ4n) is 15.3. The van der Waals surface area contributed by atoms with Gasteiger partial charge in [-0.3, -0.25) is 4.79 Å². The third-order valence-corrected chi connectivity index (χ3v) is 19.7. The normalized spacial score (nSPS) is 15.6. The number of ketones is 1. The fourth-order valence-corrected chi connectivity index (χ4v) is 15.3. The van der Waals surface area contributed by atoms with E-state index in [9.17, 15) is 4.79 Å². The fraction of sp³-hybridized carbons (Fsp3) is 0.165. The van der Waals surface area contributed by atoms with Crippen molar-refractivity contribution < 1.29 is 30.0 Å². The largest absolute Gasteiger partial charge is 0.512 e. The second-order valence-electron chi connectivity index (χ2n) is 24.5. The number of anilines is 2. The van der Waals surface area contributed by atoms with E-state index in [2.05, 4.69) is 284 Å². The molecule has 0 saturated carbocycles. The zero-order valence-electron chi connectivity index (χ0n) is 52.8. The molecule has 0 saturated heterocycles. The summed E-state index contributed by atoms with van der Waals surface area (Å²) in [5.41, 5.74) is 27.7. The Morgan fingerprint density at radius 2 is 0.978 bits per heavy atom. The van der Waals surface area contributed by atoms with Crippen molar-refractivity contribution in [1.29, 1.82) is 0 Å². The maximum absolute atomic E-state index is 10.0. The zero-order chi connectivity index (χ0) is 62.4. The number of hydrogen-bond donors (Lipinski definition) is 1. The van der Waals surface area contributed by atoms with E-state index >= 15 is 0 Å². The van der Waals surface area contributed by atoms with Gasteiger partial charge in [-0.1, -0.05) is 202 Å². The van der Waals surface area contributed by atoms with Crippen molar-refractivity contribution in [1.82, 2.24) is 14.5 Å². The molecule has 4 aliphatic rings. The number of nitrogens with zero attached hydrogens (tertiary/aromatic N) is 4. The van der Waals surface area contributed by atoms with E-state index in [1.165, 1.54) is 131 Å². The Hall–Kier alpha value is -9.78. The van der Waals surface area contributed by atoms with Crippen LogP contribution in [-0.4, -0.2) is 31.5 Å². The van der Waals surface area contributed by atoms with Gasteiger partial charge in [0.05, 0.1) is 22.8 Å². The number of benzene rings is 9. The van der Waals surface area contributed by atoms with Gasteiger partial charge in [-0.25, -0.2) is 0 Å². The Kier molecular flexibility index (Phi) is 16.9. The molecule has 1 radical (unpaired) electrons. The molecule has 1 N–H and O–H groups in total. The first-order valence-electron chi connectivity index (χ1n) is 32.1. The van der Waals surface area contributed by atoms with E-state index in [1.807, 2.05) is 30.6 Å². The number of carbonyl (C=O) groups is 1. The van der Waals surface area contributed by atoms with Gasteiger partial charge in [0.15, 0.2) is 5.78 Å². The van der Waals surface area contributed by atoms with E-state index in [1.54, 1.807) is 0 Å². The summed E-state index contributed by atoms with van der Waals surface area (Å²) in [5.74, 6) is 0.280. The molecule has 16 rings (SSSR count). The molecule has 9 aromatic carbocycles. The van der Waals surface area contributed by atoms with E-state index in [0.29, 0.717) is 12.0 Å². The molecule has 4 heterocycles. The van der Waals surface area contributed by atoms with Gasteiger partial charge in [0, 0.05) is 83.2 Å². The summed E-state index contributed by atoms with van der Waals surface area (Å²) in [6.07, 6.45) is 18.2. The molecule has 7 heteroatoms. The number of hydrogen-bond acceptors (Lipinski definition) is 5. The standard InChI is InChI=1S/C40H33N2.C40H31N2.C5H8O2.Ir/c2*1-3-40(4-2)35-25-28(17-20-31(35)32-21-18-29(26-36(32)40)37-15-10-11-23-41-37)27-19-22-39-34(24-27)33-14-8-9-16-38(33)42(39)30-12-6-5-7-13-30;1-4(6)3-5(2)7;/h5-17,19-26,33,38H,3-4H2,1-2H3;5-17,19-26H,3-4H2,1-2H3;3,6H,1-2H3;/q2*-1;;/b;;4-3-;. The molecule has 12 aromatic rings. The van der Waals surface area contributed by atoms with Crippen molar-refractivity contribution in [2.45, 2.75) is 90.0 Å². The molecule has 0 spiro atoms. The average molecular weight is 1370 g/mol. The number of allylic oxidation sites excluding steroid dienone is 4. The molecule has 0 amide bonds. The number of aliphatic hydroxyl groups is 1. The maximum atomic E-state index is 10.0. The molecule has 3 aliphatic carbocycles. The predicted octanol–water partition coefficient (Wildman–Crippen LogP) is 21.5. The molecular weight excluding hydrogens is 1300 g/mol. The van der Waals surface area contributed by atoms with Crippen LogP contribution in [-0.2, 0) is 35.7 Å². The molecule has 6 nitrogen and oxygen atoms in total. The number of aromatic nitrogens is 3. The monoisotopic (exact) mass is 1370 g/mol. The van der Waals surface area contributed by atoms with Crippen molar-refractivity contribution in [2.75, 3.05) is 4.90 Å². The van der Waals surface area contributed by atoms with Crippen LogP contribution in [0.3, 0.4) is 0 Å². The first kappa shape index (κ1) is 61.1. The van der Waals surface area contributed by atoms with Crippen LogP contribution in [0.2, 0.25) is 0 Å². The first-order chi connectivity index (χ1) is 44.6. The van der Waals surface area contributed by atoms with E-state index in [0.717, 1.165) is 48.2 Å². The van der Waals surface area contributed by atoms with Gasteiger partial charge in [-0.2, -0.15) is 0 Å². The Bertz CT molecular complexity index is 4820. The van der Waals surface area contributed by atoms with Crippen LogP contribution in [0.25, 0.3) is 94.5 Å². The molecule has 0 fully saturated rings. The van der Waals surface area contributed by atoms with E-state index < -0.39 is 0 Å². The topological polar surface area (TPSA) is 71.2 Å². The summed E-state index contributed by atoms with van der Waals surface area (Å²) in [6, 6.07) is 87.1. The first-order valence-corrected chi connectivity index (χ1v) is 32.1. The van der Waals surface area contributed by atoms with Crippen LogP contribution in [0, 0.1) is 12.1 Å². The maximum Gasteiger partial charge on any atom is 0.155 e. The number of aliphatic hydroxyl groups excluding tert-OH is 1. The third kappa shape index (κ3) is 10.6. The van der Waals surface area contributed by atoms with Crippen LogP contribution in [0.5, 0.6) is 0 Å². The van der Waals surface area contributed by atoms with Gasteiger partial charge in [-0.15, -0.1) is 58.7 Å². The predicted molar refractivity (Wildman–Crippen MR) is 376 cm³/mol. The number of pyridine rings is 2. The van der Waals surface area contributed by atoms with E-state index in [-0.39, 0.29) is 42.5 Å². The quantitative estimate of drug-likeness (QED) is 0.0794. The van der Waals surface area contributed by atoms with Crippen LogP contribution in [0.15, 0.2) is 267 Å². The summed E-state index contributed by atoms with van der Waals surface area (Å²) in [4.78, 5) is 21.7. The smallest absolute Gasteiger partial charge is 0.155 e. The summed E-state index contributed by atoms with van der Waals surface area (Å²) in [6.45, 7) is 12.2. The number of rotatable bonds is 11.